The molecule has 4 aromatic carbocycles. The normalized spacial score (nSPS) is 11.0. The first-order valence-corrected chi connectivity index (χ1v) is 14.2. The molecule has 0 heterocycles. The van der Waals surface area contributed by atoms with Crippen molar-refractivity contribution in [3.63, 3.8) is 0 Å². The maximum absolute atomic E-state index is 14.9. The number of benzene rings is 4. The minimum Gasteiger partial charge on any atom is -0.494 e. The van der Waals surface area contributed by atoms with E-state index >= 15 is 0 Å². The van der Waals surface area contributed by atoms with Gasteiger partial charge in [0.2, 0.25) is 5.82 Å². The van der Waals surface area contributed by atoms with Crippen molar-refractivity contribution in [1.29, 1.82) is 0 Å². The Kier molecular flexibility index (Phi) is 10.5. The summed E-state index contributed by atoms with van der Waals surface area (Å²) in [5.41, 5.74) is 5.17. The van der Waals surface area contributed by atoms with E-state index in [-0.39, 0.29) is 11.3 Å². The first-order valence-electron chi connectivity index (χ1n) is 14.2. The van der Waals surface area contributed by atoms with Gasteiger partial charge in [-0.05, 0) is 64.9 Å². The molecule has 0 aliphatic heterocycles. The average Bonchev–Trinajstić information content (AvgIpc) is 2.98. The summed E-state index contributed by atoms with van der Waals surface area (Å²) in [6.07, 6.45) is 7.53. The van der Waals surface area contributed by atoms with Gasteiger partial charge >= 0.3 is 0 Å². The third kappa shape index (κ3) is 7.69. The monoisotopic (exact) mass is 528 g/mol. The van der Waals surface area contributed by atoms with Crippen LogP contribution in [0.5, 0.6) is 11.5 Å². The summed E-state index contributed by atoms with van der Waals surface area (Å²) in [6.45, 7) is 5.46. The molecule has 0 aromatic heterocycles. The van der Waals surface area contributed by atoms with Gasteiger partial charge in [0.25, 0.3) is 0 Å². The zero-order valence-electron chi connectivity index (χ0n) is 23.0. The third-order valence-corrected chi connectivity index (χ3v) is 6.92. The molecule has 0 bridgehead atoms. The van der Waals surface area contributed by atoms with Crippen LogP contribution in [0.3, 0.4) is 0 Å². The largest absolute Gasteiger partial charge is 0.494 e. The minimum atomic E-state index is -0.932. The standard InChI is InChI=1S/C35H38F2O2/c1-3-5-7-9-25-39-33-23-22-32(34(36)35(33)37)30-16-14-28(15-17-30)26-10-12-27(13-11-26)29-18-20-31(21-19-29)38-24-8-6-4-2/h10-23H,3-9,24-25H2,1-2H3. The molecular formula is C35H38F2O2. The molecule has 39 heavy (non-hydrogen) atoms. The molecular weight excluding hydrogens is 490 g/mol. The molecule has 0 aliphatic rings. The van der Waals surface area contributed by atoms with Crippen molar-refractivity contribution in [2.75, 3.05) is 13.2 Å². The van der Waals surface area contributed by atoms with Gasteiger partial charge in [-0.3, -0.25) is 0 Å². The number of hydrogen-bond donors (Lipinski definition) is 0. The molecule has 0 radical (unpaired) electrons. The molecule has 0 saturated heterocycles. The second-order valence-electron chi connectivity index (χ2n) is 9.88. The van der Waals surface area contributed by atoms with Crippen molar-refractivity contribution >= 4 is 0 Å². The molecule has 0 saturated carbocycles. The second-order valence-corrected chi connectivity index (χ2v) is 9.88. The van der Waals surface area contributed by atoms with Crippen LogP contribution in [0, 0.1) is 11.6 Å². The highest BCUT2D eigenvalue weighted by Crippen LogP contribution is 2.32. The topological polar surface area (TPSA) is 18.5 Å². The summed E-state index contributed by atoms with van der Waals surface area (Å²) in [5.74, 6) is -0.944. The Hall–Kier alpha value is -3.66. The Morgan fingerprint density at radius 2 is 0.923 bits per heavy atom. The van der Waals surface area contributed by atoms with Crippen molar-refractivity contribution in [1.82, 2.24) is 0 Å². The van der Waals surface area contributed by atoms with Gasteiger partial charge in [-0.15, -0.1) is 0 Å². The zero-order chi connectivity index (χ0) is 27.5. The van der Waals surface area contributed by atoms with E-state index < -0.39 is 11.6 Å². The molecule has 0 atom stereocenters. The van der Waals surface area contributed by atoms with Gasteiger partial charge in [-0.25, -0.2) is 4.39 Å². The molecule has 0 aliphatic carbocycles. The molecule has 4 heteroatoms. The van der Waals surface area contributed by atoms with Crippen molar-refractivity contribution in [2.24, 2.45) is 0 Å². The van der Waals surface area contributed by atoms with Crippen LogP contribution in [0.25, 0.3) is 33.4 Å². The van der Waals surface area contributed by atoms with E-state index in [4.69, 9.17) is 9.47 Å². The fraction of sp³-hybridized carbons (Fsp3) is 0.314. The minimum absolute atomic E-state index is 0.0291. The molecule has 4 aromatic rings. The number of ether oxygens (including phenoxy) is 2. The van der Waals surface area contributed by atoms with E-state index in [1.165, 1.54) is 18.9 Å². The first kappa shape index (κ1) is 28.4. The van der Waals surface area contributed by atoms with Crippen LogP contribution < -0.4 is 9.47 Å². The highest BCUT2D eigenvalue weighted by Gasteiger charge is 2.16. The molecule has 2 nitrogen and oxygen atoms in total. The lowest BCUT2D eigenvalue weighted by molar-refractivity contribution is 0.285. The summed E-state index contributed by atoms with van der Waals surface area (Å²) in [5, 5.41) is 0. The Labute approximate surface area is 231 Å². The maximum atomic E-state index is 14.9. The van der Waals surface area contributed by atoms with Gasteiger partial charge in [0.15, 0.2) is 11.6 Å². The molecule has 0 spiro atoms. The third-order valence-electron chi connectivity index (χ3n) is 6.92. The van der Waals surface area contributed by atoms with Crippen LogP contribution in [0.2, 0.25) is 0 Å². The highest BCUT2D eigenvalue weighted by atomic mass is 19.2. The van der Waals surface area contributed by atoms with Gasteiger partial charge in [-0.1, -0.05) is 107 Å². The van der Waals surface area contributed by atoms with Crippen LogP contribution in [-0.2, 0) is 0 Å². The van der Waals surface area contributed by atoms with E-state index in [2.05, 4.69) is 50.2 Å². The molecule has 204 valence electrons. The van der Waals surface area contributed by atoms with Crippen LogP contribution >= 0.6 is 0 Å². The fourth-order valence-electron chi connectivity index (χ4n) is 4.56. The Morgan fingerprint density at radius 3 is 1.49 bits per heavy atom. The molecule has 0 unspecified atom stereocenters. The molecule has 0 fully saturated rings. The van der Waals surface area contributed by atoms with Gasteiger partial charge < -0.3 is 9.47 Å². The zero-order valence-corrected chi connectivity index (χ0v) is 23.0. The van der Waals surface area contributed by atoms with Crippen molar-refractivity contribution < 1.29 is 18.3 Å². The van der Waals surface area contributed by atoms with Gasteiger partial charge in [0.05, 0.1) is 13.2 Å². The van der Waals surface area contributed by atoms with E-state index in [1.807, 2.05) is 36.4 Å². The lowest BCUT2D eigenvalue weighted by atomic mass is 9.98. The number of unbranched alkanes of at least 4 members (excludes halogenated alkanes) is 5. The van der Waals surface area contributed by atoms with Crippen LogP contribution in [0.1, 0.15) is 58.8 Å². The summed E-state index contributed by atoms with van der Waals surface area (Å²) >= 11 is 0. The maximum Gasteiger partial charge on any atom is 0.201 e. The van der Waals surface area contributed by atoms with E-state index in [9.17, 15) is 8.78 Å². The molecule has 0 amide bonds. The van der Waals surface area contributed by atoms with Crippen molar-refractivity contribution in [2.45, 2.75) is 58.8 Å². The Balaban J connectivity index is 1.39. The molecule has 4 rings (SSSR count). The quantitative estimate of drug-likeness (QED) is 0.152. The first-order chi connectivity index (χ1) is 19.1. The molecule has 0 N–H and O–H groups in total. The number of halogens is 2. The van der Waals surface area contributed by atoms with Gasteiger partial charge in [0.1, 0.15) is 5.75 Å². The fourth-order valence-corrected chi connectivity index (χ4v) is 4.56. The van der Waals surface area contributed by atoms with Gasteiger partial charge in [0, 0.05) is 5.56 Å². The highest BCUT2D eigenvalue weighted by molar-refractivity contribution is 5.74. The number of hydrogen-bond acceptors (Lipinski definition) is 2. The summed E-state index contributed by atoms with van der Waals surface area (Å²) in [6, 6.07) is 27.2. The number of rotatable bonds is 14. The predicted molar refractivity (Wildman–Crippen MR) is 157 cm³/mol. The predicted octanol–water partition coefficient (Wildman–Crippen LogP) is 10.5. The van der Waals surface area contributed by atoms with Crippen molar-refractivity contribution in [3.05, 3.63) is 96.6 Å². The SMILES string of the molecule is CCCCCCOc1ccc(-c2ccc(-c3ccc(-c4ccc(OCCCCC)cc4)cc3)cc2)c(F)c1F. The van der Waals surface area contributed by atoms with E-state index in [1.54, 1.807) is 6.07 Å². The van der Waals surface area contributed by atoms with E-state index in [0.717, 1.165) is 66.7 Å². The Bertz CT molecular complexity index is 1300. The van der Waals surface area contributed by atoms with Crippen molar-refractivity contribution in [3.8, 4) is 44.9 Å². The van der Waals surface area contributed by atoms with Crippen LogP contribution in [0.4, 0.5) is 8.78 Å². The van der Waals surface area contributed by atoms with Crippen LogP contribution in [-0.4, -0.2) is 13.2 Å². The summed E-state index contributed by atoms with van der Waals surface area (Å²) in [7, 11) is 0. The summed E-state index contributed by atoms with van der Waals surface area (Å²) < 4.78 is 40.8. The summed E-state index contributed by atoms with van der Waals surface area (Å²) in [4.78, 5) is 0. The van der Waals surface area contributed by atoms with Crippen LogP contribution in [0.15, 0.2) is 84.9 Å². The lowest BCUT2D eigenvalue weighted by Gasteiger charge is -2.11. The smallest absolute Gasteiger partial charge is 0.201 e. The second kappa shape index (κ2) is 14.5. The van der Waals surface area contributed by atoms with E-state index in [0.29, 0.717) is 12.2 Å². The Morgan fingerprint density at radius 1 is 0.462 bits per heavy atom. The average molecular weight is 529 g/mol. The lowest BCUT2D eigenvalue weighted by Crippen LogP contribution is -2.01. The van der Waals surface area contributed by atoms with Gasteiger partial charge in [-0.2, -0.15) is 4.39 Å².